The first kappa shape index (κ1) is 16.5. The molecule has 110 valence electrons. The summed E-state index contributed by atoms with van der Waals surface area (Å²) in [7, 11) is 0. The lowest BCUT2D eigenvalue weighted by Crippen LogP contribution is -3.17. The van der Waals surface area contributed by atoms with Crippen molar-refractivity contribution in [1.82, 2.24) is 0 Å². The summed E-state index contributed by atoms with van der Waals surface area (Å²) in [6.07, 6.45) is 3.41. The average molecular weight is 266 g/mol. The van der Waals surface area contributed by atoms with Crippen LogP contribution in [0.4, 0.5) is 0 Å². The minimum atomic E-state index is -0.249. The van der Waals surface area contributed by atoms with Crippen molar-refractivity contribution < 1.29 is 9.64 Å². The van der Waals surface area contributed by atoms with Gasteiger partial charge in [0.1, 0.15) is 12.1 Å². The van der Waals surface area contributed by atoms with Gasteiger partial charge in [-0.25, -0.2) is 0 Å². The normalized spacial score (nSPS) is 26.6. The molecule has 0 aromatic rings. The van der Waals surface area contributed by atoms with Gasteiger partial charge in [0, 0.05) is 0 Å². The minimum Gasteiger partial charge on any atom is -0.357 e. The molecule has 2 heteroatoms. The molecule has 1 atom stereocenters. The smallest absolute Gasteiger partial charge is 0.139 e. The minimum absolute atomic E-state index is 0.0235. The summed E-state index contributed by atoms with van der Waals surface area (Å²) in [6, 6.07) is 1.23. The molecule has 1 heterocycles. The van der Waals surface area contributed by atoms with Crippen LogP contribution in [0.2, 0.25) is 0 Å². The molecule has 0 unspecified atom stereocenters. The summed E-state index contributed by atoms with van der Waals surface area (Å²) in [6.45, 7) is 16.5. The fraction of sp³-hybridized carbons (Fsp3) is 0.882. The Morgan fingerprint density at radius 1 is 1.05 bits per heavy atom. The van der Waals surface area contributed by atoms with Gasteiger partial charge in [-0.3, -0.25) is 0 Å². The maximum Gasteiger partial charge on any atom is 0.139 e. The molecule has 1 saturated heterocycles. The van der Waals surface area contributed by atoms with Crippen molar-refractivity contribution in [2.75, 3.05) is 6.54 Å². The molecule has 0 bridgehead atoms. The second-order valence-corrected chi connectivity index (χ2v) is 7.31. The van der Waals surface area contributed by atoms with E-state index >= 15 is 0 Å². The Morgan fingerprint density at radius 3 is 2.11 bits per heavy atom. The molecule has 0 radical (unpaired) electrons. The van der Waals surface area contributed by atoms with E-state index in [1.807, 2.05) is 0 Å². The number of hydrogen-bond donors (Lipinski definition) is 1. The zero-order valence-electron chi connectivity index (χ0n) is 13.9. The van der Waals surface area contributed by atoms with Crippen LogP contribution in [-0.4, -0.2) is 29.8 Å². The number of hydrogen-bond acceptors (Lipinski definition) is 1. The molecule has 19 heavy (non-hydrogen) atoms. The summed E-state index contributed by atoms with van der Waals surface area (Å²) in [5, 5.41) is 0. The van der Waals surface area contributed by atoms with Crippen LogP contribution in [0.15, 0.2) is 0 Å². The van der Waals surface area contributed by atoms with Crippen LogP contribution in [0.1, 0.15) is 67.7 Å². The van der Waals surface area contributed by atoms with Crippen molar-refractivity contribution in [3.8, 4) is 11.8 Å². The second-order valence-electron chi connectivity index (χ2n) is 7.31. The number of nitrogens with one attached hydrogen (secondary N) is 1. The second kappa shape index (κ2) is 6.29. The van der Waals surface area contributed by atoms with Crippen LogP contribution in [0.3, 0.4) is 0 Å². The van der Waals surface area contributed by atoms with Gasteiger partial charge in [-0.1, -0.05) is 5.92 Å². The Kier molecular flexibility index (Phi) is 5.47. The van der Waals surface area contributed by atoms with E-state index in [4.69, 9.17) is 4.74 Å². The van der Waals surface area contributed by atoms with Crippen LogP contribution >= 0.6 is 0 Å². The lowest BCUT2D eigenvalue weighted by Gasteiger charge is -2.40. The molecular formula is C17H32NO+. The van der Waals surface area contributed by atoms with Gasteiger partial charge in [0.15, 0.2) is 0 Å². The quantitative estimate of drug-likeness (QED) is 0.775. The van der Waals surface area contributed by atoms with Gasteiger partial charge in [-0.2, -0.15) is 0 Å². The highest BCUT2D eigenvalue weighted by atomic mass is 16.5. The topological polar surface area (TPSA) is 13.7 Å². The third-order valence-corrected chi connectivity index (χ3v) is 4.06. The van der Waals surface area contributed by atoms with Crippen LogP contribution in [0, 0.1) is 11.8 Å². The van der Waals surface area contributed by atoms with E-state index in [1.165, 1.54) is 6.42 Å². The van der Waals surface area contributed by atoms with Gasteiger partial charge in [0.05, 0.1) is 17.7 Å². The van der Waals surface area contributed by atoms with Crippen LogP contribution < -0.4 is 4.90 Å². The Bertz CT molecular complexity index is 340. The fourth-order valence-electron chi connectivity index (χ4n) is 3.06. The first-order valence-corrected chi connectivity index (χ1v) is 7.71. The summed E-state index contributed by atoms with van der Waals surface area (Å²) in [5.74, 6) is 6.78. The Labute approximate surface area is 119 Å². The predicted octanol–water partition coefficient (Wildman–Crippen LogP) is 2.43. The Balaban J connectivity index is 2.66. The van der Waals surface area contributed by atoms with Crippen LogP contribution in [0.5, 0.6) is 0 Å². The number of rotatable bonds is 3. The molecule has 1 fully saturated rings. The van der Waals surface area contributed by atoms with Crippen LogP contribution in [0.25, 0.3) is 0 Å². The van der Waals surface area contributed by atoms with E-state index < -0.39 is 0 Å². The first-order chi connectivity index (χ1) is 8.65. The highest BCUT2D eigenvalue weighted by molar-refractivity contribution is 5.14. The zero-order chi connectivity index (χ0) is 14.7. The summed E-state index contributed by atoms with van der Waals surface area (Å²) >= 11 is 0. The number of ether oxygens (including phenoxy) is 1. The average Bonchev–Trinajstić information content (AvgIpc) is 2.21. The van der Waals surface area contributed by atoms with Gasteiger partial charge >= 0.3 is 0 Å². The van der Waals surface area contributed by atoms with E-state index in [0.29, 0.717) is 12.1 Å². The van der Waals surface area contributed by atoms with Gasteiger partial charge < -0.3 is 9.64 Å². The third kappa shape index (κ3) is 5.16. The van der Waals surface area contributed by atoms with E-state index in [1.54, 1.807) is 4.90 Å². The Morgan fingerprint density at radius 2 is 1.63 bits per heavy atom. The molecule has 0 amide bonds. The molecule has 1 aliphatic rings. The van der Waals surface area contributed by atoms with Crippen molar-refractivity contribution in [1.29, 1.82) is 0 Å². The van der Waals surface area contributed by atoms with Crippen molar-refractivity contribution in [2.45, 2.75) is 91.0 Å². The molecule has 1 aliphatic heterocycles. The van der Waals surface area contributed by atoms with Crippen molar-refractivity contribution in [2.24, 2.45) is 0 Å². The first-order valence-electron chi connectivity index (χ1n) is 7.71. The monoisotopic (exact) mass is 266 g/mol. The largest absolute Gasteiger partial charge is 0.357 e. The van der Waals surface area contributed by atoms with Crippen molar-refractivity contribution in [3.05, 3.63) is 0 Å². The van der Waals surface area contributed by atoms with Crippen molar-refractivity contribution in [3.63, 3.8) is 0 Å². The maximum absolute atomic E-state index is 6.18. The molecule has 0 saturated carbocycles. The lowest BCUT2D eigenvalue weighted by molar-refractivity contribution is -0.935. The highest BCUT2D eigenvalue weighted by Crippen LogP contribution is 2.34. The summed E-state index contributed by atoms with van der Waals surface area (Å²) in [4.78, 5) is 1.55. The molecule has 0 spiro atoms. The van der Waals surface area contributed by atoms with Gasteiger partial charge in [0.25, 0.3) is 0 Å². The number of quaternary nitrogens is 1. The summed E-state index contributed by atoms with van der Waals surface area (Å²) in [5.41, 5.74) is -0.273. The van der Waals surface area contributed by atoms with E-state index in [0.717, 1.165) is 19.4 Å². The Hall–Kier alpha value is -0.520. The van der Waals surface area contributed by atoms with E-state index in [2.05, 4.69) is 60.3 Å². The molecule has 1 N–H and O–H groups in total. The molecular weight excluding hydrogens is 234 g/mol. The predicted molar refractivity (Wildman–Crippen MR) is 81.3 cm³/mol. The van der Waals surface area contributed by atoms with Crippen molar-refractivity contribution >= 4 is 0 Å². The highest BCUT2D eigenvalue weighted by Gasteiger charge is 2.36. The summed E-state index contributed by atoms with van der Waals surface area (Å²) < 4.78 is 6.18. The maximum atomic E-state index is 6.18. The molecule has 0 aromatic heterocycles. The van der Waals surface area contributed by atoms with Crippen LogP contribution in [-0.2, 0) is 4.74 Å². The van der Waals surface area contributed by atoms with E-state index in [9.17, 15) is 0 Å². The van der Waals surface area contributed by atoms with Gasteiger partial charge in [-0.05, 0) is 73.6 Å². The van der Waals surface area contributed by atoms with Gasteiger partial charge in [-0.15, -0.1) is 0 Å². The third-order valence-electron chi connectivity index (χ3n) is 4.06. The SMILES string of the molecule is CC(C)[NH+](CC#C[C@@]1(C)CCCC(C)(C)O1)C(C)C. The van der Waals surface area contributed by atoms with E-state index in [-0.39, 0.29) is 11.2 Å². The fourth-order valence-corrected chi connectivity index (χ4v) is 3.06. The molecule has 0 aliphatic carbocycles. The van der Waals surface area contributed by atoms with Gasteiger partial charge in [0.2, 0.25) is 0 Å². The molecule has 0 aromatic carbocycles. The molecule has 1 rings (SSSR count). The lowest BCUT2D eigenvalue weighted by atomic mass is 9.88. The molecule has 2 nitrogen and oxygen atoms in total. The zero-order valence-corrected chi connectivity index (χ0v) is 13.9. The standard InChI is InChI=1S/C17H31NO/c1-14(2)18(15(3)4)13-9-12-17(7)11-8-10-16(5,6)19-17/h14-15H,8,10-11,13H2,1-7H3/p+1/t17-/m1/s1.